The summed E-state index contributed by atoms with van der Waals surface area (Å²) in [6.45, 7) is 6.91. The fourth-order valence-corrected chi connectivity index (χ4v) is 3.59. The van der Waals surface area contributed by atoms with Crippen molar-refractivity contribution in [2.24, 2.45) is 0 Å². The van der Waals surface area contributed by atoms with Gasteiger partial charge < -0.3 is 9.47 Å². The van der Waals surface area contributed by atoms with Gasteiger partial charge in [0.2, 0.25) is 0 Å². The minimum atomic E-state index is -1.18. The fraction of sp³-hybridized carbons (Fsp3) is 0.444. The van der Waals surface area contributed by atoms with Gasteiger partial charge in [0.1, 0.15) is 11.3 Å². The second-order valence-corrected chi connectivity index (χ2v) is 8.92. The van der Waals surface area contributed by atoms with Crippen LogP contribution >= 0.6 is 0 Å². The summed E-state index contributed by atoms with van der Waals surface area (Å²) in [5.74, 6) is 0.799. The van der Waals surface area contributed by atoms with Crippen molar-refractivity contribution >= 4 is 21.8 Å². The van der Waals surface area contributed by atoms with Crippen LogP contribution in [0.1, 0.15) is 26.3 Å². The molecule has 0 saturated carbocycles. The highest BCUT2D eigenvalue weighted by Crippen LogP contribution is 2.38. The molecule has 1 N–H and O–H groups in total. The molecule has 1 heterocycles. The molecule has 0 bridgehead atoms. The third kappa shape index (κ3) is 3.01. The van der Waals surface area contributed by atoms with E-state index in [-0.39, 0.29) is 4.75 Å². The van der Waals surface area contributed by atoms with Gasteiger partial charge in [-0.25, -0.2) is 8.93 Å². The van der Waals surface area contributed by atoms with Gasteiger partial charge in [0.15, 0.2) is 0 Å². The maximum Gasteiger partial charge on any atom is 0.119 e. The second-order valence-electron chi connectivity index (χ2n) is 6.95. The summed E-state index contributed by atoms with van der Waals surface area (Å²) in [4.78, 5) is 0. The van der Waals surface area contributed by atoms with Gasteiger partial charge in [-0.1, -0.05) is 24.3 Å². The molecule has 0 amide bonds. The summed E-state index contributed by atoms with van der Waals surface area (Å²) in [5.41, 5.74) is 0.642. The molecule has 0 radical (unpaired) electrons. The second kappa shape index (κ2) is 5.89. The Bertz CT molecular complexity index is 748. The van der Waals surface area contributed by atoms with Crippen molar-refractivity contribution in [3.05, 3.63) is 42.0 Å². The Hall–Kier alpha value is -1.43. The first kappa shape index (κ1) is 16.4. The summed E-state index contributed by atoms with van der Waals surface area (Å²) in [5, 5.41) is 2.24. The van der Waals surface area contributed by atoms with Gasteiger partial charge in [0.25, 0.3) is 0 Å². The number of ether oxygens (including phenoxy) is 2. The summed E-state index contributed by atoms with van der Waals surface area (Å²) in [6, 6.07) is 12.2. The first-order chi connectivity index (χ1) is 10.9. The van der Waals surface area contributed by atoms with E-state index in [4.69, 9.17) is 9.47 Å². The molecule has 1 aliphatic rings. The van der Waals surface area contributed by atoms with Crippen LogP contribution in [-0.4, -0.2) is 29.3 Å². The zero-order valence-corrected chi connectivity index (χ0v) is 14.8. The van der Waals surface area contributed by atoms with Crippen LogP contribution in [0.5, 0.6) is 5.75 Å². The molecule has 1 unspecified atom stereocenters. The molecule has 1 aliphatic heterocycles. The van der Waals surface area contributed by atoms with Crippen molar-refractivity contribution in [3.8, 4) is 5.75 Å². The molecule has 4 nitrogen and oxygen atoms in total. The Morgan fingerprint density at radius 3 is 2.48 bits per heavy atom. The summed E-state index contributed by atoms with van der Waals surface area (Å²) >= 11 is 0. The molecule has 0 aromatic heterocycles. The van der Waals surface area contributed by atoms with E-state index in [1.165, 1.54) is 0 Å². The number of nitrogens with one attached hydrogen (secondary N) is 1. The van der Waals surface area contributed by atoms with E-state index in [0.29, 0.717) is 13.2 Å². The Morgan fingerprint density at radius 1 is 1.22 bits per heavy atom. The van der Waals surface area contributed by atoms with Crippen LogP contribution in [0.25, 0.3) is 10.8 Å². The van der Waals surface area contributed by atoms with Crippen molar-refractivity contribution in [1.29, 1.82) is 0 Å². The quantitative estimate of drug-likeness (QED) is 0.935. The number of hydrogen-bond acceptors (Lipinski definition) is 3. The Morgan fingerprint density at radius 2 is 1.91 bits per heavy atom. The Kier molecular flexibility index (Phi) is 4.21. The number of fused-ring (bicyclic) bond motifs is 1. The molecule has 2 aromatic carbocycles. The molecule has 23 heavy (non-hydrogen) atoms. The number of methoxy groups -OCH3 is 1. The van der Waals surface area contributed by atoms with Gasteiger partial charge >= 0.3 is 0 Å². The normalized spacial score (nSPS) is 18.4. The monoisotopic (exact) mass is 333 g/mol. The minimum Gasteiger partial charge on any atom is -0.497 e. The molecule has 5 heteroatoms. The molecule has 0 aliphatic carbocycles. The zero-order chi connectivity index (χ0) is 16.7. The molecule has 1 saturated heterocycles. The maximum absolute atomic E-state index is 12.7. The van der Waals surface area contributed by atoms with Gasteiger partial charge in [-0.15, -0.1) is 0 Å². The van der Waals surface area contributed by atoms with Gasteiger partial charge in [-0.3, -0.25) is 0 Å². The van der Waals surface area contributed by atoms with Crippen LogP contribution in [0.3, 0.4) is 0 Å². The highest BCUT2D eigenvalue weighted by molar-refractivity contribution is 7.84. The average Bonchev–Trinajstić information content (AvgIpc) is 2.48. The standard InChI is InChI=1S/C18H23NO3S/c1-17(2,3)23(20)19-18(11-22-12-18)16-10-14(21-4)9-13-7-5-6-8-15(13)16/h5-10,19H,11-12H2,1-4H3. The molecular weight excluding hydrogens is 310 g/mol. The predicted octanol–water partition coefficient (Wildman–Crippen LogP) is 3.13. The van der Waals surface area contributed by atoms with Crippen LogP contribution in [0.4, 0.5) is 0 Å². The Labute approximate surface area is 139 Å². The molecule has 124 valence electrons. The molecule has 1 atom stereocenters. The van der Waals surface area contributed by atoms with E-state index in [1.54, 1.807) is 7.11 Å². The third-order valence-corrected chi connectivity index (χ3v) is 5.82. The topological polar surface area (TPSA) is 47.6 Å². The lowest BCUT2D eigenvalue weighted by molar-refractivity contribution is -0.0652. The summed E-state index contributed by atoms with van der Waals surface area (Å²) < 4.78 is 26.6. The van der Waals surface area contributed by atoms with Crippen molar-refractivity contribution < 1.29 is 13.7 Å². The van der Waals surface area contributed by atoms with Crippen LogP contribution in [0, 0.1) is 0 Å². The first-order valence-electron chi connectivity index (χ1n) is 7.70. The summed E-state index contributed by atoms with van der Waals surface area (Å²) in [6.07, 6.45) is 0. The van der Waals surface area contributed by atoms with Crippen LogP contribution in [-0.2, 0) is 21.3 Å². The van der Waals surface area contributed by atoms with Gasteiger partial charge in [0, 0.05) is 0 Å². The number of rotatable bonds is 4. The number of hydrogen-bond donors (Lipinski definition) is 1. The first-order valence-corrected chi connectivity index (χ1v) is 8.85. The van der Waals surface area contributed by atoms with Gasteiger partial charge in [-0.2, -0.15) is 0 Å². The molecule has 0 spiro atoms. The van der Waals surface area contributed by atoms with Crippen LogP contribution in [0.2, 0.25) is 0 Å². The van der Waals surface area contributed by atoms with E-state index in [9.17, 15) is 4.21 Å². The van der Waals surface area contributed by atoms with Crippen LogP contribution in [0.15, 0.2) is 36.4 Å². The summed E-state index contributed by atoms with van der Waals surface area (Å²) in [7, 11) is 0.487. The van der Waals surface area contributed by atoms with Crippen molar-refractivity contribution in [3.63, 3.8) is 0 Å². The molecule has 1 fully saturated rings. The lowest BCUT2D eigenvalue weighted by atomic mass is 9.85. The van der Waals surface area contributed by atoms with Gasteiger partial charge in [-0.05, 0) is 49.2 Å². The molecule has 2 aromatic rings. The lowest BCUT2D eigenvalue weighted by Crippen LogP contribution is -2.60. The third-order valence-electron chi connectivity index (χ3n) is 4.13. The van der Waals surface area contributed by atoms with E-state index in [2.05, 4.69) is 16.9 Å². The Balaban J connectivity index is 2.11. The van der Waals surface area contributed by atoms with Gasteiger partial charge in [0.05, 0.1) is 36.1 Å². The van der Waals surface area contributed by atoms with E-state index in [0.717, 1.165) is 22.1 Å². The zero-order valence-electron chi connectivity index (χ0n) is 14.0. The van der Waals surface area contributed by atoms with Crippen molar-refractivity contribution in [1.82, 2.24) is 4.72 Å². The predicted molar refractivity (Wildman–Crippen MR) is 94.0 cm³/mol. The van der Waals surface area contributed by atoms with E-state index in [1.807, 2.05) is 45.0 Å². The SMILES string of the molecule is COc1cc(C2(NS(=O)C(C)(C)C)COC2)c2ccccc2c1. The highest BCUT2D eigenvalue weighted by Gasteiger charge is 2.44. The molecular formula is C18H23NO3S. The smallest absolute Gasteiger partial charge is 0.119 e. The maximum atomic E-state index is 12.7. The largest absolute Gasteiger partial charge is 0.497 e. The lowest BCUT2D eigenvalue weighted by Gasteiger charge is -2.44. The fourth-order valence-electron chi connectivity index (χ4n) is 2.70. The van der Waals surface area contributed by atoms with E-state index >= 15 is 0 Å². The van der Waals surface area contributed by atoms with E-state index < -0.39 is 16.5 Å². The average molecular weight is 333 g/mol. The van der Waals surface area contributed by atoms with Crippen LogP contribution < -0.4 is 9.46 Å². The highest BCUT2D eigenvalue weighted by atomic mass is 32.2. The minimum absolute atomic E-state index is 0.336. The van der Waals surface area contributed by atoms with Crippen molar-refractivity contribution in [2.75, 3.05) is 20.3 Å². The number of benzene rings is 2. The molecule has 3 rings (SSSR count). The van der Waals surface area contributed by atoms with Crippen molar-refractivity contribution in [2.45, 2.75) is 31.1 Å².